The summed E-state index contributed by atoms with van der Waals surface area (Å²) in [5.74, 6) is 0.629. The normalized spacial score (nSPS) is 18.7. The van der Waals surface area contributed by atoms with Crippen molar-refractivity contribution >= 4 is 26.0 Å². The fourth-order valence-corrected chi connectivity index (χ4v) is 4.82. The molecule has 1 fully saturated rings. The maximum Gasteiger partial charge on any atom is 0.243 e. The number of rotatable bonds is 5. The molecule has 5 nitrogen and oxygen atoms in total. The second kappa shape index (κ2) is 7.21. The van der Waals surface area contributed by atoms with Crippen LogP contribution in [0.2, 0.25) is 0 Å². The van der Waals surface area contributed by atoms with Gasteiger partial charge < -0.3 is 4.74 Å². The molecule has 2 aromatic rings. The summed E-state index contributed by atoms with van der Waals surface area (Å²) >= 11 is 3.35. The van der Waals surface area contributed by atoms with Crippen molar-refractivity contribution in [2.45, 2.75) is 30.7 Å². The van der Waals surface area contributed by atoms with Crippen LogP contribution >= 0.6 is 15.9 Å². The van der Waals surface area contributed by atoms with Gasteiger partial charge in [-0.3, -0.25) is 4.98 Å². The number of hydrogen-bond acceptors (Lipinski definition) is 4. The Hall–Kier alpha value is -1.44. The first-order chi connectivity index (χ1) is 11.5. The van der Waals surface area contributed by atoms with E-state index in [1.54, 1.807) is 28.8 Å². The van der Waals surface area contributed by atoms with Crippen LogP contribution in [-0.2, 0) is 10.0 Å². The summed E-state index contributed by atoms with van der Waals surface area (Å²) in [5.41, 5.74) is 1.04. The molecule has 1 aliphatic rings. The van der Waals surface area contributed by atoms with Crippen LogP contribution in [-0.4, -0.2) is 36.9 Å². The van der Waals surface area contributed by atoms with Crippen LogP contribution in [0.15, 0.2) is 52.1 Å². The second-order valence-corrected chi connectivity index (χ2v) is 8.68. The van der Waals surface area contributed by atoms with E-state index in [1.165, 1.54) is 0 Å². The molecule has 0 saturated carbocycles. The van der Waals surface area contributed by atoms with E-state index >= 15 is 0 Å². The Bertz CT molecular complexity index is 809. The number of aryl methyl sites for hydroxylation is 1. The highest BCUT2D eigenvalue weighted by Crippen LogP contribution is 2.27. The van der Waals surface area contributed by atoms with Gasteiger partial charge in [0.25, 0.3) is 0 Å². The summed E-state index contributed by atoms with van der Waals surface area (Å²) in [6.07, 6.45) is 4.94. The molecule has 0 unspecified atom stereocenters. The van der Waals surface area contributed by atoms with Crippen molar-refractivity contribution in [2.24, 2.45) is 0 Å². The predicted molar refractivity (Wildman–Crippen MR) is 95.5 cm³/mol. The highest BCUT2D eigenvalue weighted by atomic mass is 79.9. The molecule has 0 radical (unpaired) electrons. The Morgan fingerprint density at radius 3 is 2.75 bits per heavy atom. The molecular weight excluding hydrogens is 392 g/mol. The molecular formula is C17H19BrN2O3S. The van der Waals surface area contributed by atoms with Crippen LogP contribution in [0.5, 0.6) is 5.75 Å². The number of aromatic nitrogens is 1. The molecule has 1 aromatic heterocycles. The molecule has 128 valence electrons. The summed E-state index contributed by atoms with van der Waals surface area (Å²) in [7, 11) is -3.49. The topological polar surface area (TPSA) is 59.5 Å². The molecule has 1 aliphatic heterocycles. The molecule has 3 rings (SSSR count). The lowest BCUT2D eigenvalue weighted by Gasteiger charge is -2.24. The van der Waals surface area contributed by atoms with Crippen LogP contribution in [0.25, 0.3) is 0 Å². The average Bonchev–Trinajstić information content (AvgIpc) is 3.03. The minimum absolute atomic E-state index is 0.157. The zero-order chi connectivity index (χ0) is 17.2. The Morgan fingerprint density at radius 2 is 2.04 bits per heavy atom. The van der Waals surface area contributed by atoms with Gasteiger partial charge in [0.1, 0.15) is 12.4 Å². The Morgan fingerprint density at radius 1 is 1.29 bits per heavy atom. The van der Waals surface area contributed by atoms with Crippen molar-refractivity contribution in [3.05, 3.63) is 52.8 Å². The van der Waals surface area contributed by atoms with E-state index in [0.29, 0.717) is 23.8 Å². The number of pyridine rings is 1. The van der Waals surface area contributed by atoms with Gasteiger partial charge in [-0.2, -0.15) is 4.31 Å². The van der Waals surface area contributed by atoms with Crippen molar-refractivity contribution in [1.82, 2.24) is 9.29 Å². The summed E-state index contributed by atoms with van der Waals surface area (Å²) < 4.78 is 33.9. The van der Waals surface area contributed by atoms with E-state index in [0.717, 1.165) is 22.9 Å². The van der Waals surface area contributed by atoms with E-state index in [9.17, 15) is 8.42 Å². The maximum absolute atomic E-state index is 12.9. The second-order valence-electron chi connectivity index (χ2n) is 5.87. The summed E-state index contributed by atoms with van der Waals surface area (Å²) in [4.78, 5) is 4.39. The molecule has 0 aliphatic carbocycles. The van der Waals surface area contributed by atoms with E-state index in [2.05, 4.69) is 20.9 Å². The average molecular weight is 411 g/mol. The lowest BCUT2D eigenvalue weighted by Crippen LogP contribution is -2.39. The Balaban J connectivity index is 1.74. The Labute approximate surface area is 150 Å². The summed E-state index contributed by atoms with van der Waals surface area (Å²) in [6, 6.07) is 8.64. The number of sulfonamides is 1. The van der Waals surface area contributed by atoms with Crippen LogP contribution in [0.4, 0.5) is 0 Å². The van der Waals surface area contributed by atoms with Crippen LogP contribution in [0, 0.1) is 6.92 Å². The van der Waals surface area contributed by atoms with Gasteiger partial charge in [-0.05, 0) is 53.9 Å². The molecule has 24 heavy (non-hydrogen) atoms. The minimum Gasteiger partial charge on any atom is -0.490 e. The lowest BCUT2D eigenvalue weighted by atomic mass is 10.2. The number of benzene rings is 1. The van der Waals surface area contributed by atoms with Gasteiger partial charge in [0, 0.05) is 17.2 Å². The predicted octanol–water partition coefficient (Wildman–Crippen LogP) is 3.38. The molecule has 1 saturated heterocycles. The van der Waals surface area contributed by atoms with Crippen molar-refractivity contribution in [2.75, 3.05) is 13.2 Å². The van der Waals surface area contributed by atoms with Gasteiger partial charge >= 0.3 is 0 Å². The first-order valence-corrected chi connectivity index (χ1v) is 10.0. The van der Waals surface area contributed by atoms with Gasteiger partial charge in [-0.1, -0.05) is 17.7 Å². The van der Waals surface area contributed by atoms with Crippen molar-refractivity contribution in [3.63, 3.8) is 0 Å². The van der Waals surface area contributed by atoms with Crippen molar-refractivity contribution in [1.29, 1.82) is 0 Å². The van der Waals surface area contributed by atoms with Gasteiger partial charge in [-0.25, -0.2) is 8.42 Å². The van der Waals surface area contributed by atoms with Gasteiger partial charge in [0.05, 0.1) is 17.1 Å². The van der Waals surface area contributed by atoms with Crippen LogP contribution in [0.3, 0.4) is 0 Å². The van der Waals surface area contributed by atoms with Gasteiger partial charge in [0.15, 0.2) is 0 Å². The fraction of sp³-hybridized carbons (Fsp3) is 0.353. The third kappa shape index (κ3) is 3.79. The maximum atomic E-state index is 12.9. The number of nitrogens with zero attached hydrogens (tertiary/aromatic N) is 2. The highest BCUT2D eigenvalue weighted by molar-refractivity contribution is 9.10. The van der Waals surface area contributed by atoms with E-state index < -0.39 is 10.0 Å². The fourth-order valence-electron chi connectivity index (χ4n) is 2.80. The first-order valence-electron chi connectivity index (χ1n) is 7.79. The standard InChI is InChI=1S/C17H19BrN2O3S/c1-13-4-6-17(7-5-13)24(21,22)20-8-2-3-15(20)12-23-16-9-14(18)10-19-11-16/h4-7,9-11,15H,2-3,8,12H2,1H3/t15-/m0/s1. The van der Waals surface area contributed by atoms with E-state index in [1.807, 2.05) is 25.1 Å². The number of ether oxygens (including phenoxy) is 1. The van der Waals surface area contributed by atoms with E-state index in [4.69, 9.17) is 4.74 Å². The lowest BCUT2D eigenvalue weighted by molar-refractivity contribution is 0.232. The third-order valence-corrected chi connectivity index (χ3v) is 6.47. The molecule has 0 N–H and O–H groups in total. The number of halogens is 1. The SMILES string of the molecule is Cc1ccc(S(=O)(=O)N2CCC[C@H]2COc2cncc(Br)c2)cc1. The first kappa shape index (κ1) is 17.4. The number of hydrogen-bond donors (Lipinski definition) is 0. The minimum atomic E-state index is -3.49. The smallest absolute Gasteiger partial charge is 0.243 e. The molecule has 7 heteroatoms. The molecule has 0 amide bonds. The van der Waals surface area contributed by atoms with E-state index in [-0.39, 0.29) is 6.04 Å². The highest BCUT2D eigenvalue weighted by Gasteiger charge is 2.35. The van der Waals surface area contributed by atoms with Gasteiger partial charge in [0.2, 0.25) is 10.0 Å². The molecule has 1 atom stereocenters. The molecule has 1 aromatic carbocycles. The summed E-state index contributed by atoms with van der Waals surface area (Å²) in [6.45, 7) is 2.79. The van der Waals surface area contributed by atoms with Crippen molar-refractivity contribution in [3.8, 4) is 5.75 Å². The summed E-state index contributed by atoms with van der Waals surface area (Å²) in [5, 5.41) is 0. The zero-order valence-electron chi connectivity index (χ0n) is 13.4. The third-order valence-electron chi connectivity index (χ3n) is 4.07. The zero-order valence-corrected chi connectivity index (χ0v) is 15.8. The molecule has 2 heterocycles. The van der Waals surface area contributed by atoms with Crippen molar-refractivity contribution < 1.29 is 13.2 Å². The monoisotopic (exact) mass is 410 g/mol. The Kier molecular flexibility index (Phi) is 5.22. The van der Waals surface area contributed by atoms with Crippen LogP contribution in [0.1, 0.15) is 18.4 Å². The molecule has 0 spiro atoms. The molecule has 0 bridgehead atoms. The quantitative estimate of drug-likeness (QED) is 0.757. The van der Waals surface area contributed by atoms with Gasteiger partial charge in [-0.15, -0.1) is 0 Å². The van der Waals surface area contributed by atoms with Crippen LogP contribution < -0.4 is 4.74 Å². The largest absolute Gasteiger partial charge is 0.490 e.